The summed E-state index contributed by atoms with van der Waals surface area (Å²) < 4.78 is 10.3. The number of carbonyl (C=O) groups excluding carboxylic acids is 1. The Kier molecular flexibility index (Phi) is 9.92. The first-order chi connectivity index (χ1) is 12.7. The van der Waals surface area contributed by atoms with Gasteiger partial charge in [0, 0.05) is 13.1 Å². The van der Waals surface area contributed by atoms with Crippen molar-refractivity contribution in [1.29, 1.82) is 0 Å². The molecule has 1 heterocycles. The Balaban J connectivity index is 2.99. The van der Waals surface area contributed by atoms with Crippen LogP contribution in [0.1, 0.15) is 0 Å². The average Bonchev–Trinajstić information content (AvgIpc) is 2.67. The Morgan fingerprint density at radius 3 is 2.22 bits per heavy atom. The lowest BCUT2D eigenvalue weighted by Gasteiger charge is -2.41. The molecule has 0 saturated carbocycles. The topological polar surface area (TPSA) is 235 Å². The summed E-state index contributed by atoms with van der Waals surface area (Å²) in [5, 5.41) is 79.3. The molecule has 160 valence electrons. The Hall–Kier alpha value is -0.970. The number of amides is 1. The fourth-order valence-electron chi connectivity index (χ4n) is 2.43. The average molecular weight is 400 g/mol. The molecule has 0 aromatic rings. The zero-order valence-corrected chi connectivity index (χ0v) is 14.4. The lowest BCUT2D eigenvalue weighted by molar-refractivity contribution is -0.316. The zero-order valence-electron chi connectivity index (χ0n) is 14.4. The molecule has 13 heteroatoms. The molecule has 13 nitrogen and oxygen atoms in total. The van der Waals surface area contributed by atoms with Gasteiger partial charge in [-0.05, 0) is 0 Å². The maximum absolute atomic E-state index is 12.2. The van der Waals surface area contributed by atoms with Crippen molar-refractivity contribution in [3.05, 3.63) is 0 Å². The van der Waals surface area contributed by atoms with E-state index in [2.05, 4.69) is 5.32 Å². The van der Waals surface area contributed by atoms with E-state index in [-0.39, 0.29) is 13.1 Å². The second-order valence-corrected chi connectivity index (χ2v) is 6.06. The molecule has 27 heavy (non-hydrogen) atoms. The van der Waals surface area contributed by atoms with Gasteiger partial charge in [0.1, 0.15) is 42.7 Å². The van der Waals surface area contributed by atoms with Gasteiger partial charge in [-0.2, -0.15) is 0 Å². The molecule has 1 saturated heterocycles. The first-order valence-electron chi connectivity index (χ1n) is 8.28. The second-order valence-electron chi connectivity index (χ2n) is 6.06. The van der Waals surface area contributed by atoms with Gasteiger partial charge in [-0.25, -0.2) is 0 Å². The monoisotopic (exact) mass is 400 g/mol. The largest absolute Gasteiger partial charge is 0.394 e. The van der Waals surface area contributed by atoms with Gasteiger partial charge < -0.3 is 61.4 Å². The summed E-state index contributed by atoms with van der Waals surface area (Å²) in [5.41, 5.74) is 5.26. The van der Waals surface area contributed by atoms with E-state index in [0.29, 0.717) is 0 Å². The summed E-state index contributed by atoms with van der Waals surface area (Å²) >= 11 is 0. The molecule has 0 spiro atoms. The highest BCUT2D eigenvalue weighted by Crippen LogP contribution is 2.24. The van der Waals surface area contributed by atoms with E-state index in [9.17, 15) is 35.4 Å². The maximum atomic E-state index is 12.2. The van der Waals surface area contributed by atoms with Crippen molar-refractivity contribution < 1.29 is 55.1 Å². The third-order valence-electron chi connectivity index (χ3n) is 4.07. The van der Waals surface area contributed by atoms with E-state index in [4.69, 9.17) is 25.4 Å². The van der Waals surface area contributed by atoms with E-state index >= 15 is 0 Å². The normalized spacial score (nSPS) is 33.1. The van der Waals surface area contributed by atoms with Crippen molar-refractivity contribution >= 4 is 5.91 Å². The standard InChI is InChI=1S/C14H28N2O11/c15-1-2-16-13(25)12(10(23)7(20)5(19)3-17)27-14-11(24)9(22)8(21)6(4-18)26-14/h5-12,14,17-24H,1-4,15H2,(H,16,25). The van der Waals surface area contributed by atoms with Crippen LogP contribution in [0.25, 0.3) is 0 Å². The van der Waals surface area contributed by atoms with E-state index < -0.39 is 74.2 Å². The van der Waals surface area contributed by atoms with Gasteiger partial charge in [-0.1, -0.05) is 0 Å². The number of nitrogens with two attached hydrogens (primary N) is 1. The number of ether oxygens (including phenoxy) is 2. The maximum Gasteiger partial charge on any atom is 0.252 e. The molecule has 11 N–H and O–H groups in total. The quantitative estimate of drug-likeness (QED) is 0.165. The fraction of sp³-hybridized carbons (Fsp3) is 0.929. The first kappa shape index (κ1) is 24.1. The van der Waals surface area contributed by atoms with Crippen LogP contribution in [0.3, 0.4) is 0 Å². The number of aliphatic hydroxyl groups excluding tert-OH is 8. The zero-order chi connectivity index (χ0) is 20.7. The third-order valence-corrected chi connectivity index (χ3v) is 4.07. The van der Waals surface area contributed by atoms with Crippen LogP contribution in [-0.2, 0) is 14.3 Å². The van der Waals surface area contributed by atoms with Gasteiger partial charge >= 0.3 is 0 Å². The second kappa shape index (κ2) is 11.1. The minimum Gasteiger partial charge on any atom is -0.394 e. The van der Waals surface area contributed by atoms with Gasteiger partial charge in [0.2, 0.25) is 0 Å². The van der Waals surface area contributed by atoms with Crippen LogP contribution in [0.4, 0.5) is 0 Å². The van der Waals surface area contributed by atoms with Crippen molar-refractivity contribution in [3.63, 3.8) is 0 Å². The number of hydrogen-bond acceptors (Lipinski definition) is 12. The molecule has 0 radical (unpaired) electrons. The van der Waals surface area contributed by atoms with Crippen molar-refractivity contribution in [2.75, 3.05) is 26.3 Å². The number of aliphatic hydroxyl groups is 8. The Bertz CT molecular complexity index is 455. The minimum absolute atomic E-state index is 0.0290. The lowest BCUT2D eigenvalue weighted by atomic mass is 9.98. The van der Waals surface area contributed by atoms with Gasteiger partial charge in [0.25, 0.3) is 5.91 Å². The fourth-order valence-corrected chi connectivity index (χ4v) is 2.43. The molecule has 9 unspecified atom stereocenters. The summed E-state index contributed by atoms with van der Waals surface area (Å²) in [5.74, 6) is -0.992. The summed E-state index contributed by atoms with van der Waals surface area (Å²) in [4.78, 5) is 12.2. The number of carbonyl (C=O) groups is 1. The van der Waals surface area contributed by atoms with E-state index in [1.54, 1.807) is 0 Å². The van der Waals surface area contributed by atoms with E-state index in [0.717, 1.165) is 0 Å². The van der Waals surface area contributed by atoms with Gasteiger partial charge in [0.15, 0.2) is 12.4 Å². The van der Waals surface area contributed by atoms with E-state index in [1.807, 2.05) is 0 Å². The van der Waals surface area contributed by atoms with Crippen LogP contribution in [0.15, 0.2) is 0 Å². The predicted octanol–water partition coefficient (Wildman–Crippen LogP) is -6.68. The minimum atomic E-state index is -2.07. The summed E-state index contributed by atoms with van der Waals surface area (Å²) in [7, 11) is 0. The van der Waals surface area contributed by atoms with Gasteiger partial charge in [0.05, 0.1) is 13.2 Å². The Morgan fingerprint density at radius 2 is 1.70 bits per heavy atom. The van der Waals surface area contributed by atoms with E-state index in [1.165, 1.54) is 0 Å². The Labute approximate surface area is 154 Å². The molecular formula is C14H28N2O11. The summed E-state index contributed by atoms with van der Waals surface area (Å²) in [6.45, 7) is -1.66. The highest BCUT2D eigenvalue weighted by molar-refractivity contribution is 5.81. The van der Waals surface area contributed by atoms with Gasteiger partial charge in [-0.15, -0.1) is 0 Å². The van der Waals surface area contributed by atoms with Crippen LogP contribution in [-0.4, -0.2) is 128 Å². The molecule has 1 aliphatic heterocycles. The molecule has 0 aromatic carbocycles. The highest BCUT2D eigenvalue weighted by Gasteiger charge is 2.47. The van der Waals surface area contributed by atoms with Crippen LogP contribution in [0, 0.1) is 0 Å². The smallest absolute Gasteiger partial charge is 0.252 e. The SMILES string of the molecule is NCCNC(=O)C(OC1OC(CO)C(O)C(O)C1O)C(O)C(O)C(O)CO. The molecule has 1 aliphatic rings. The van der Waals surface area contributed by atoms with Crippen molar-refractivity contribution in [3.8, 4) is 0 Å². The van der Waals surface area contributed by atoms with Crippen molar-refractivity contribution in [2.45, 2.75) is 55.1 Å². The number of nitrogens with one attached hydrogen (secondary N) is 1. The Morgan fingerprint density at radius 1 is 1.07 bits per heavy atom. The molecule has 1 rings (SSSR count). The number of hydrogen-bond donors (Lipinski definition) is 10. The first-order valence-corrected chi connectivity index (χ1v) is 8.28. The van der Waals surface area contributed by atoms with Crippen LogP contribution in [0.2, 0.25) is 0 Å². The molecule has 1 fully saturated rings. The summed E-state index contributed by atoms with van der Waals surface area (Å²) in [6.07, 6.45) is -16.2. The summed E-state index contributed by atoms with van der Waals surface area (Å²) in [6, 6.07) is 0. The molecule has 9 atom stereocenters. The molecular weight excluding hydrogens is 372 g/mol. The molecule has 0 aromatic heterocycles. The van der Waals surface area contributed by atoms with Crippen molar-refractivity contribution in [1.82, 2.24) is 5.32 Å². The van der Waals surface area contributed by atoms with Crippen LogP contribution >= 0.6 is 0 Å². The number of rotatable bonds is 10. The molecule has 1 amide bonds. The van der Waals surface area contributed by atoms with Crippen LogP contribution < -0.4 is 11.1 Å². The van der Waals surface area contributed by atoms with Crippen LogP contribution in [0.5, 0.6) is 0 Å². The molecule has 0 aliphatic carbocycles. The third kappa shape index (κ3) is 6.00. The molecule has 0 bridgehead atoms. The lowest BCUT2D eigenvalue weighted by Crippen LogP contribution is -2.62. The van der Waals surface area contributed by atoms with Crippen molar-refractivity contribution in [2.24, 2.45) is 5.73 Å². The van der Waals surface area contributed by atoms with Gasteiger partial charge in [-0.3, -0.25) is 4.79 Å². The highest BCUT2D eigenvalue weighted by atomic mass is 16.7. The predicted molar refractivity (Wildman–Crippen MR) is 85.8 cm³/mol.